The van der Waals surface area contributed by atoms with Gasteiger partial charge >= 0.3 is 0 Å². The van der Waals surface area contributed by atoms with Crippen molar-refractivity contribution in [3.8, 4) is 0 Å². The quantitative estimate of drug-likeness (QED) is 0.231. The number of aliphatic imine (C=N–C) groups is 1. The van der Waals surface area contributed by atoms with Crippen LogP contribution in [0.4, 0.5) is 0 Å². The van der Waals surface area contributed by atoms with Crippen molar-refractivity contribution in [2.45, 2.75) is 19.9 Å². The Morgan fingerprint density at radius 3 is 2.30 bits per heavy atom. The van der Waals surface area contributed by atoms with Crippen LogP contribution in [0.2, 0.25) is 0 Å². The van der Waals surface area contributed by atoms with Gasteiger partial charge in [-0.2, -0.15) is 0 Å². The first kappa shape index (κ1) is 26.2. The zero-order chi connectivity index (χ0) is 21.2. The summed E-state index contributed by atoms with van der Waals surface area (Å²) in [6.45, 7) is 17.4. The average molecular weight is 529 g/mol. The van der Waals surface area contributed by atoms with Gasteiger partial charge in [-0.25, -0.2) is 0 Å². The fourth-order valence-electron chi connectivity index (χ4n) is 3.67. The highest BCUT2D eigenvalue weighted by atomic mass is 127. The minimum atomic E-state index is -0.0537. The van der Waals surface area contributed by atoms with E-state index in [0.29, 0.717) is 30.8 Å². The van der Waals surface area contributed by atoms with Gasteiger partial charge in [-0.15, -0.1) is 37.1 Å². The highest BCUT2D eigenvalue weighted by Gasteiger charge is 2.26. The Balaban J connectivity index is 0.00000450. The Bertz CT molecular complexity index is 672. The first-order valence-electron chi connectivity index (χ1n) is 10.3. The standard InChI is InChI=1S/C22H35N5O2.HI/c1-6-10-25(11-7-2)19(18(3)4)17-24-22(23-5)27-14-12-26(13-15-27)21(28)20-9-8-16-29-20;/h6-9,16,18-19H,1-2,10-15,17H2,3-5H3,(H,23,24);1H. The van der Waals surface area contributed by atoms with E-state index >= 15 is 0 Å². The fraction of sp³-hybridized carbons (Fsp3) is 0.545. The molecule has 30 heavy (non-hydrogen) atoms. The van der Waals surface area contributed by atoms with Gasteiger partial charge in [-0.3, -0.25) is 14.7 Å². The number of amides is 1. The zero-order valence-corrected chi connectivity index (χ0v) is 20.7. The average Bonchev–Trinajstić information content (AvgIpc) is 3.25. The summed E-state index contributed by atoms with van der Waals surface area (Å²) in [5, 5.41) is 3.53. The van der Waals surface area contributed by atoms with Crippen LogP contribution < -0.4 is 5.32 Å². The van der Waals surface area contributed by atoms with Gasteiger partial charge in [0.1, 0.15) is 0 Å². The number of piperazine rings is 1. The second-order valence-corrected chi connectivity index (χ2v) is 7.53. The summed E-state index contributed by atoms with van der Waals surface area (Å²) in [4.78, 5) is 23.3. The molecule has 0 saturated carbocycles. The van der Waals surface area contributed by atoms with Crippen molar-refractivity contribution in [2.24, 2.45) is 10.9 Å². The molecule has 1 N–H and O–H groups in total. The predicted octanol–water partition coefficient (Wildman–Crippen LogP) is 2.93. The number of nitrogens with zero attached hydrogens (tertiary/aromatic N) is 4. The summed E-state index contributed by atoms with van der Waals surface area (Å²) < 4.78 is 5.23. The Morgan fingerprint density at radius 1 is 1.23 bits per heavy atom. The summed E-state index contributed by atoms with van der Waals surface area (Å²) in [5.74, 6) is 1.69. The van der Waals surface area contributed by atoms with E-state index in [2.05, 4.69) is 47.1 Å². The lowest BCUT2D eigenvalue weighted by molar-refractivity contribution is 0.0657. The van der Waals surface area contributed by atoms with Crippen molar-refractivity contribution >= 4 is 35.8 Å². The minimum Gasteiger partial charge on any atom is -0.459 e. The minimum absolute atomic E-state index is 0. The van der Waals surface area contributed by atoms with Crippen LogP contribution in [0.15, 0.2) is 53.1 Å². The number of rotatable bonds is 9. The lowest BCUT2D eigenvalue weighted by Crippen LogP contribution is -2.56. The molecule has 7 nitrogen and oxygen atoms in total. The molecule has 0 aliphatic carbocycles. The first-order chi connectivity index (χ1) is 14.0. The predicted molar refractivity (Wildman–Crippen MR) is 134 cm³/mol. The Morgan fingerprint density at radius 2 is 1.83 bits per heavy atom. The topological polar surface area (TPSA) is 64.3 Å². The lowest BCUT2D eigenvalue weighted by atomic mass is 10.0. The largest absolute Gasteiger partial charge is 0.459 e. The molecule has 1 amide bonds. The molecule has 0 radical (unpaired) electrons. The molecule has 0 spiro atoms. The number of nitrogens with one attached hydrogen (secondary N) is 1. The number of hydrogen-bond acceptors (Lipinski definition) is 4. The van der Waals surface area contributed by atoms with Gasteiger partial charge in [-0.05, 0) is 18.1 Å². The third-order valence-corrected chi connectivity index (χ3v) is 5.25. The van der Waals surface area contributed by atoms with E-state index in [4.69, 9.17) is 4.42 Å². The molecule has 1 saturated heterocycles. The van der Waals surface area contributed by atoms with Crippen LogP contribution in [0.1, 0.15) is 24.4 Å². The maximum atomic E-state index is 12.4. The molecule has 0 aromatic carbocycles. The Labute approximate surface area is 197 Å². The number of guanidine groups is 1. The number of carbonyl (C=O) groups is 1. The van der Waals surface area contributed by atoms with Crippen molar-refractivity contribution in [2.75, 3.05) is 52.9 Å². The van der Waals surface area contributed by atoms with Gasteiger partial charge in [0, 0.05) is 58.9 Å². The van der Waals surface area contributed by atoms with Crippen LogP contribution in [-0.4, -0.2) is 85.5 Å². The van der Waals surface area contributed by atoms with E-state index in [1.54, 1.807) is 19.2 Å². The molecule has 1 aliphatic heterocycles. The normalized spacial score (nSPS) is 15.7. The zero-order valence-electron chi connectivity index (χ0n) is 18.4. The number of furan rings is 1. The summed E-state index contributed by atoms with van der Waals surface area (Å²) in [6, 6.07) is 3.78. The van der Waals surface area contributed by atoms with Crippen LogP contribution in [0.25, 0.3) is 0 Å². The molecule has 168 valence electrons. The van der Waals surface area contributed by atoms with E-state index in [9.17, 15) is 4.79 Å². The molecule has 2 heterocycles. The second-order valence-electron chi connectivity index (χ2n) is 7.53. The third-order valence-electron chi connectivity index (χ3n) is 5.25. The number of halogens is 1. The molecule has 0 bridgehead atoms. The van der Waals surface area contributed by atoms with Crippen molar-refractivity contribution in [3.05, 3.63) is 49.5 Å². The van der Waals surface area contributed by atoms with Gasteiger partial charge < -0.3 is 19.5 Å². The van der Waals surface area contributed by atoms with E-state index in [0.717, 1.165) is 38.7 Å². The van der Waals surface area contributed by atoms with Gasteiger partial charge in [0.15, 0.2) is 11.7 Å². The van der Waals surface area contributed by atoms with E-state index in [-0.39, 0.29) is 29.9 Å². The molecule has 8 heteroatoms. The maximum absolute atomic E-state index is 12.4. The molecular formula is C22H36IN5O2. The van der Waals surface area contributed by atoms with Crippen LogP contribution in [0, 0.1) is 5.92 Å². The maximum Gasteiger partial charge on any atom is 0.289 e. The molecule has 1 aromatic heterocycles. The summed E-state index contributed by atoms with van der Waals surface area (Å²) >= 11 is 0. The number of carbonyl (C=O) groups excluding carboxylic acids is 1. The molecule has 1 aromatic rings. The highest BCUT2D eigenvalue weighted by Crippen LogP contribution is 2.12. The van der Waals surface area contributed by atoms with Crippen molar-refractivity contribution < 1.29 is 9.21 Å². The Hall–Kier alpha value is -1.81. The fourth-order valence-corrected chi connectivity index (χ4v) is 3.67. The summed E-state index contributed by atoms with van der Waals surface area (Å²) in [5.41, 5.74) is 0. The van der Waals surface area contributed by atoms with Crippen LogP contribution in [0.3, 0.4) is 0 Å². The van der Waals surface area contributed by atoms with Gasteiger partial charge in [-0.1, -0.05) is 26.0 Å². The summed E-state index contributed by atoms with van der Waals surface area (Å²) in [6.07, 6.45) is 5.40. The summed E-state index contributed by atoms with van der Waals surface area (Å²) in [7, 11) is 1.80. The molecule has 1 unspecified atom stereocenters. The Kier molecular flexibility index (Phi) is 11.8. The van der Waals surface area contributed by atoms with Crippen molar-refractivity contribution in [1.29, 1.82) is 0 Å². The van der Waals surface area contributed by atoms with Crippen LogP contribution >= 0.6 is 24.0 Å². The van der Waals surface area contributed by atoms with E-state index < -0.39 is 0 Å². The van der Waals surface area contributed by atoms with Crippen molar-refractivity contribution in [3.63, 3.8) is 0 Å². The third kappa shape index (κ3) is 7.16. The monoisotopic (exact) mass is 529 g/mol. The molecule has 2 rings (SSSR count). The first-order valence-corrected chi connectivity index (χ1v) is 10.3. The molecule has 1 aliphatic rings. The molecule has 1 fully saturated rings. The van der Waals surface area contributed by atoms with Gasteiger partial charge in [0.05, 0.1) is 6.26 Å². The smallest absolute Gasteiger partial charge is 0.289 e. The molecular weight excluding hydrogens is 493 g/mol. The van der Waals surface area contributed by atoms with Gasteiger partial charge in [0.25, 0.3) is 5.91 Å². The SMILES string of the molecule is C=CCN(CC=C)C(CNC(=NC)N1CCN(C(=O)c2ccco2)CC1)C(C)C.I. The molecule has 1 atom stereocenters. The van der Waals surface area contributed by atoms with Crippen molar-refractivity contribution in [1.82, 2.24) is 20.0 Å². The van der Waals surface area contributed by atoms with E-state index in [1.165, 1.54) is 6.26 Å². The lowest BCUT2D eigenvalue weighted by Gasteiger charge is -2.38. The van der Waals surface area contributed by atoms with Crippen LogP contribution in [-0.2, 0) is 0 Å². The second kappa shape index (κ2) is 13.5. The van der Waals surface area contributed by atoms with Gasteiger partial charge in [0.2, 0.25) is 0 Å². The highest BCUT2D eigenvalue weighted by molar-refractivity contribution is 14.0. The van der Waals surface area contributed by atoms with Crippen LogP contribution in [0.5, 0.6) is 0 Å². The van der Waals surface area contributed by atoms with E-state index in [1.807, 2.05) is 17.1 Å². The number of hydrogen-bond donors (Lipinski definition) is 1.